The first-order valence-corrected chi connectivity index (χ1v) is 8.30. The monoisotopic (exact) mass is 360 g/mol. The van der Waals surface area contributed by atoms with E-state index in [0.717, 1.165) is 55.1 Å². The van der Waals surface area contributed by atoms with Gasteiger partial charge in [-0.3, -0.25) is 4.90 Å². The molecule has 5 heteroatoms. The molecule has 1 aromatic rings. The third-order valence-electron chi connectivity index (χ3n) is 3.76. The molecule has 0 N–H and O–H groups in total. The van der Waals surface area contributed by atoms with Gasteiger partial charge < -0.3 is 9.64 Å². The largest absolute Gasteiger partial charge is 0.490 e. The Hall–Kier alpha value is -0.290. The fourth-order valence-corrected chi connectivity index (χ4v) is 3.50. The van der Waals surface area contributed by atoms with Gasteiger partial charge in [-0.15, -0.1) is 0 Å². The lowest BCUT2D eigenvalue weighted by Crippen LogP contribution is -2.47. The molecule has 1 fully saturated rings. The molecule has 112 valence electrons. The van der Waals surface area contributed by atoms with E-state index in [2.05, 4.69) is 32.7 Å². The molecule has 1 saturated heterocycles. The van der Waals surface area contributed by atoms with Gasteiger partial charge in [0.1, 0.15) is 12.4 Å². The predicted molar refractivity (Wildman–Crippen MR) is 87.9 cm³/mol. The van der Waals surface area contributed by atoms with E-state index in [-0.39, 0.29) is 0 Å². The SMILES string of the molecule is CCN1CCN(CCOc2c(C)cc(Br)cc2Cl)CC1. The minimum atomic E-state index is 0.674. The summed E-state index contributed by atoms with van der Waals surface area (Å²) in [5.41, 5.74) is 1.07. The molecule has 0 aliphatic carbocycles. The lowest BCUT2D eigenvalue weighted by Gasteiger charge is -2.33. The van der Waals surface area contributed by atoms with Crippen LogP contribution in [0.2, 0.25) is 5.02 Å². The van der Waals surface area contributed by atoms with Gasteiger partial charge >= 0.3 is 0 Å². The molecule has 0 amide bonds. The van der Waals surface area contributed by atoms with Crippen molar-refractivity contribution in [2.24, 2.45) is 0 Å². The number of benzene rings is 1. The fraction of sp³-hybridized carbons (Fsp3) is 0.600. The van der Waals surface area contributed by atoms with Crippen molar-refractivity contribution in [1.82, 2.24) is 9.80 Å². The Morgan fingerprint density at radius 3 is 2.45 bits per heavy atom. The maximum Gasteiger partial charge on any atom is 0.140 e. The van der Waals surface area contributed by atoms with Crippen molar-refractivity contribution in [3.05, 3.63) is 27.2 Å². The number of ether oxygens (including phenoxy) is 1. The normalized spacial score (nSPS) is 17.4. The predicted octanol–water partition coefficient (Wildman–Crippen LogP) is 3.43. The highest BCUT2D eigenvalue weighted by atomic mass is 79.9. The van der Waals surface area contributed by atoms with Gasteiger partial charge in [0, 0.05) is 37.2 Å². The lowest BCUT2D eigenvalue weighted by molar-refractivity contribution is 0.120. The van der Waals surface area contributed by atoms with Crippen LogP contribution in [-0.2, 0) is 0 Å². The smallest absolute Gasteiger partial charge is 0.140 e. The highest BCUT2D eigenvalue weighted by Crippen LogP contribution is 2.31. The van der Waals surface area contributed by atoms with Crippen LogP contribution in [0.15, 0.2) is 16.6 Å². The van der Waals surface area contributed by atoms with Crippen LogP contribution < -0.4 is 4.74 Å². The second kappa shape index (κ2) is 7.64. The summed E-state index contributed by atoms with van der Waals surface area (Å²) in [4.78, 5) is 4.93. The van der Waals surface area contributed by atoms with E-state index < -0.39 is 0 Å². The number of piperazine rings is 1. The van der Waals surface area contributed by atoms with Gasteiger partial charge in [0.05, 0.1) is 5.02 Å². The highest BCUT2D eigenvalue weighted by molar-refractivity contribution is 9.10. The molecule has 0 saturated carbocycles. The third-order valence-corrected chi connectivity index (χ3v) is 4.50. The molecule has 20 heavy (non-hydrogen) atoms. The Labute approximate surface area is 135 Å². The number of hydrogen-bond donors (Lipinski definition) is 0. The Bertz CT molecular complexity index is 424. The van der Waals surface area contributed by atoms with Gasteiger partial charge in [-0.25, -0.2) is 0 Å². The first-order valence-electron chi connectivity index (χ1n) is 7.13. The van der Waals surface area contributed by atoms with E-state index in [9.17, 15) is 0 Å². The van der Waals surface area contributed by atoms with Gasteiger partial charge in [-0.05, 0) is 31.2 Å². The molecule has 2 rings (SSSR count). The van der Waals surface area contributed by atoms with E-state index >= 15 is 0 Å². The summed E-state index contributed by atoms with van der Waals surface area (Å²) in [6, 6.07) is 3.91. The second-order valence-electron chi connectivity index (χ2n) is 5.16. The molecule has 0 unspecified atom stereocenters. The van der Waals surface area contributed by atoms with Crippen molar-refractivity contribution in [1.29, 1.82) is 0 Å². The minimum absolute atomic E-state index is 0.674. The standard InChI is InChI=1S/C15H22BrClN2O/c1-3-18-4-6-19(7-5-18)8-9-20-15-12(2)10-13(16)11-14(15)17/h10-11H,3-9H2,1-2H3. The molecular weight excluding hydrogens is 340 g/mol. The Balaban J connectivity index is 1.79. The van der Waals surface area contributed by atoms with Crippen LogP contribution in [0.25, 0.3) is 0 Å². The molecule has 3 nitrogen and oxygen atoms in total. The first kappa shape index (κ1) is 16.1. The van der Waals surface area contributed by atoms with E-state index in [1.165, 1.54) is 0 Å². The maximum absolute atomic E-state index is 6.22. The summed E-state index contributed by atoms with van der Waals surface area (Å²) in [6.45, 7) is 11.6. The lowest BCUT2D eigenvalue weighted by atomic mass is 10.2. The van der Waals surface area contributed by atoms with Gasteiger partial charge in [-0.2, -0.15) is 0 Å². The zero-order chi connectivity index (χ0) is 14.5. The Morgan fingerprint density at radius 1 is 1.20 bits per heavy atom. The summed E-state index contributed by atoms with van der Waals surface area (Å²) in [6.07, 6.45) is 0. The summed E-state index contributed by atoms with van der Waals surface area (Å²) in [5.74, 6) is 0.807. The second-order valence-corrected chi connectivity index (χ2v) is 6.48. The molecule has 1 aliphatic rings. The number of rotatable bonds is 5. The minimum Gasteiger partial charge on any atom is -0.490 e. The van der Waals surface area contributed by atoms with E-state index in [0.29, 0.717) is 11.6 Å². The third kappa shape index (κ3) is 4.35. The van der Waals surface area contributed by atoms with E-state index in [1.54, 1.807) is 0 Å². The van der Waals surface area contributed by atoms with E-state index in [4.69, 9.17) is 16.3 Å². The topological polar surface area (TPSA) is 15.7 Å². The molecule has 0 spiro atoms. The van der Waals surface area contributed by atoms with Crippen molar-refractivity contribution >= 4 is 27.5 Å². The van der Waals surface area contributed by atoms with Crippen LogP contribution >= 0.6 is 27.5 Å². The van der Waals surface area contributed by atoms with Crippen LogP contribution in [0, 0.1) is 6.92 Å². The summed E-state index contributed by atoms with van der Waals surface area (Å²) >= 11 is 9.66. The molecule has 1 aromatic carbocycles. The molecule has 0 atom stereocenters. The molecule has 1 heterocycles. The van der Waals surface area contributed by atoms with Crippen molar-refractivity contribution < 1.29 is 4.74 Å². The number of aryl methyl sites for hydroxylation is 1. The molecule has 0 aromatic heterocycles. The first-order chi connectivity index (χ1) is 9.60. The Kier molecular flexibility index (Phi) is 6.15. The fourth-order valence-electron chi connectivity index (χ4n) is 2.48. The average Bonchev–Trinajstić information content (AvgIpc) is 2.42. The zero-order valence-electron chi connectivity index (χ0n) is 12.2. The van der Waals surface area contributed by atoms with Crippen molar-refractivity contribution in [2.75, 3.05) is 45.9 Å². The molecule has 1 aliphatic heterocycles. The molecular formula is C15H22BrClN2O. The quantitative estimate of drug-likeness (QED) is 0.799. The Morgan fingerprint density at radius 2 is 1.85 bits per heavy atom. The van der Waals surface area contributed by atoms with Crippen LogP contribution in [-0.4, -0.2) is 55.7 Å². The summed E-state index contributed by atoms with van der Waals surface area (Å²) in [7, 11) is 0. The van der Waals surface area contributed by atoms with Crippen molar-refractivity contribution in [2.45, 2.75) is 13.8 Å². The molecule has 0 bridgehead atoms. The average molecular weight is 362 g/mol. The van der Waals surface area contributed by atoms with Gasteiger partial charge in [0.2, 0.25) is 0 Å². The summed E-state index contributed by atoms with van der Waals surface area (Å²) in [5, 5.41) is 0.674. The van der Waals surface area contributed by atoms with Crippen molar-refractivity contribution in [3.63, 3.8) is 0 Å². The maximum atomic E-state index is 6.22. The van der Waals surface area contributed by atoms with Gasteiger partial charge in [-0.1, -0.05) is 34.5 Å². The van der Waals surface area contributed by atoms with Gasteiger partial charge in [0.15, 0.2) is 0 Å². The number of nitrogens with zero attached hydrogens (tertiary/aromatic N) is 2. The van der Waals surface area contributed by atoms with Crippen LogP contribution in [0.3, 0.4) is 0 Å². The number of halogens is 2. The highest BCUT2D eigenvalue weighted by Gasteiger charge is 2.15. The molecule has 0 radical (unpaired) electrons. The van der Waals surface area contributed by atoms with Crippen molar-refractivity contribution in [3.8, 4) is 5.75 Å². The van der Waals surface area contributed by atoms with Gasteiger partial charge in [0.25, 0.3) is 0 Å². The van der Waals surface area contributed by atoms with Crippen LogP contribution in [0.4, 0.5) is 0 Å². The number of likely N-dealkylation sites (N-methyl/N-ethyl adjacent to an activating group) is 1. The van der Waals surface area contributed by atoms with E-state index in [1.807, 2.05) is 19.1 Å². The number of hydrogen-bond acceptors (Lipinski definition) is 3. The van der Waals surface area contributed by atoms with Crippen LogP contribution in [0.1, 0.15) is 12.5 Å². The van der Waals surface area contributed by atoms with Crippen LogP contribution in [0.5, 0.6) is 5.75 Å². The zero-order valence-corrected chi connectivity index (χ0v) is 14.5. The summed E-state index contributed by atoms with van der Waals surface area (Å²) < 4.78 is 6.86.